The summed E-state index contributed by atoms with van der Waals surface area (Å²) in [7, 11) is 0. The lowest BCUT2D eigenvalue weighted by Gasteiger charge is -2.50. The van der Waals surface area contributed by atoms with Crippen molar-refractivity contribution >= 4 is 21.5 Å². The summed E-state index contributed by atoms with van der Waals surface area (Å²) in [5.74, 6) is 1.99. The molecule has 42 heavy (non-hydrogen) atoms. The summed E-state index contributed by atoms with van der Waals surface area (Å²) in [5.41, 5.74) is 11.2. The van der Waals surface area contributed by atoms with E-state index in [0.717, 1.165) is 5.92 Å². The Morgan fingerprint density at radius 1 is 0.619 bits per heavy atom. The van der Waals surface area contributed by atoms with Crippen molar-refractivity contribution < 1.29 is 0 Å². The molecule has 0 aliphatic heterocycles. The molecule has 0 N–H and O–H groups in total. The first-order chi connectivity index (χ1) is 20.6. The van der Waals surface area contributed by atoms with Gasteiger partial charge in [0.2, 0.25) is 0 Å². The van der Waals surface area contributed by atoms with Gasteiger partial charge in [-0.2, -0.15) is 0 Å². The molecule has 1 saturated carbocycles. The normalized spacial score (nSPS) is 22.9. The van der Waals surface area contributed by atoms with Crippen LogP contribution in [0, 0.1) is 17.8 Å². The van der Waals surface area contributed by atoms with Gasteiger partial charge in [0.05, 0.1) is 0 Å². The smallest absolute Gasteiger partial charge is 0.0273 e. The van der Waals surface area contributed by atoms with Crippen LogP contribution in [-0.2, 0) is 5.41 Å². The summed E-state index contributed by atoms with van der Waals surface area (Å²) in [4.78, 5) is 4.31. The van der Waals surface area contributed by atoms with E-state index in [2.05, 4.69) is 129 Å². The molecular formula is C41H37N. The second kappa shape index (κ2) is 9.66. The van der Waals surface area contributed by atoms with E-state index in [1.165, 1.54) is 74.2 Å². The quantitative estimate of drug-likeness (QED) is 0.202. The molecule has 4 atom stereocenters. The number of rotatable bonds is 3. The van der Waals surface area contributed by atoms with Crippen molar-refractivity contribution in [1.82, 2.24) is 4.98 Å². The molecule has 1 spiro atoms. The maximum absolute atomic E-state index is 4.31. The highest BCUT2D eigenvalue weighted by atomic mass is 14.6. The number of hydrogen-bond acceptors (Lipinski definition) is 1. The number of pyridine rings is 1. The minimum atomic E-state index is 0.0613. The van der Waals surface area contributed by atoms with Crippen molar-refractivity contribution in [2.24, 2.45) is 17.8 Å². The van der Waals surface area contributed by atoms with E-state index in [1.54, 1.807) is 11.1 Å². The van der Waals surface area contributed by atoms with E-state index >= 15 is 0 Å². The first-order valence-electron chi connectivity index (χ1n) is 15.7. The summed E-state index contributed by atoms with van der Waals surface area (Å²) in [6.45, 7) is 7.42. The highest BCUT2D eigenvalue weighted by Crippen LogP contribution is 2.62. The largest absolute Gasteiger partial charge is 0.265 e. The number of aromatic nitrogens is 1. The molecule has 0 amide bonds. The Kier molecular flexibility index (Phi) is 5.86. The van der Waals surface area contributed by atoms with Crippen molar-refractivity contribution in [3.63, 3.8) is 0 Å². The minimum Gasteiger partial charge on any atom is -0.265 e. The van der Waals surface area contributed by atoms with E-state index in [1.807, 2.05) is 12.4 Å². The highest BCUT2D eigenvalue weighted by Gasteiger charge is 2.53. The predicted octanol–water partition coefficient (Wildman–Crippen LogP) is 11.1. The zero-order chi connectivity index (χ0) is 28.4. The lowest BCUT2D eigenvalue weighted by Crippen LogP contribution is -2.45. The van der Waals surface area contributed by atoms with E-state index in [-0.39, 0.29) is 5.41 Å². The maximum atomic E-state index is 4.31. The van der Waals surface area contributed by atoms with Gasteiger partial charge >= 0.3 is 0 Å². The molecule has 1 nitrogen and oxygen atoms in total. The van der Waals surface area contributed by atoms with Crippen LogP contribution >= 0.6 is 0 Å². The molecule has 0 bridgehead atoms. The van der Waals surface area contributed by atoms with Gasteiger partial charge in [-0.3, -0.25) is 4.98 Å². The zero-order valence-corrected chi connectivity index (χ0v) is 24.8. The second-order valence-corrected chi connectivity index (χ2v) is 12.8. The number of benzene rings is 5. The molecule has 1 aromatic heterocycles. The summed E-state index contributed by atoms with van der Waals surface area (Å²) in [6, 6.07) is 39.0. The van der Waals surface area contributed by atoms with Crippen LogP contribution < -0.4 is 0 Å². The van der Waals surface area contributed by atoms with Crippen LogP contribution in [0.2, 0.25) is 0 Å². The summed E-state index contributed by atoms with van der Waals surface area (Å²) in [6.07, 6.45) is 7.59. The van der Waals surface area contributed by atoms with Crippen LogP contribution in [0.4, 0.5) is 0 Å². The van der Waals surface area contributed by atoms with Crippen LogP contribution in [0.5, 0.6) is 0 Å². The molecule has 1 fully saturated rings. The van der Waals surface area contributed by atoms with E-state index in [4.69, 9.17) is 0 Å². The van der Waals surface area contributed by atoms with Gasteiger partial charge < -0.3 is 0 Å². The SMILES string of the molecule is CCC1CC(C)CC(C)C12c1ccccc1-c1ccc(-c3c4ccccc4c(-c4ccncc4)c4ccccc34)cc12. The predicted molar refractivity (Wildman–Crippen MR) is 178 cm³/mol. The molecule has 2 aliphatic rings. The third-order valence-electron chi connectivity index (χ3n) is 10.7. The average Bonchev–Trinajstić information content (AvgIpc) is 3.32. The van der Waals surface area contributed by atoms with E-state index in [9.17, 15) is 0 Å². The topological polar surface area (TPSA) is 12.9 Å². The molecule has 4 unspecified atom stereocenters. The van der Waals surface area contributed by atoms with Crippen molar-refractivity contribution in [2.45, 2.75) is 45.4 Å². The van der Waals surface area contributed by atoms with Crippen LogP contribution in [0.15, 0.2) is 116 Å². The third kappa shape index (κ3) is 3.46. The first kappa shape index (κ1) is 25.5. The second-order valence-electron chi connectivity index (χ2n) is 12.8. The van der Waals surface area contributed by atoms with Crippen molar-refractivity contribution in [2.75, 3.05) is 0 Å². The van der Waals surface area contributed by atoms with Gasteiger partial charge in [-0.05, 0) is 115 Å². The van der Waals surface area contributed by atoms with Crippen LogP contribution in [-0.4, -0.2) is 4.98 Å². The Morgan fingerprint density at radius 2 is 1.19 bits per heavy atom. The number of nitrogens with zero attached hydrogens (tertiary/aromatic N) is 1. The molecule has 8 rings (SSSR count). The summed E-state index contributed by atoms with van der Waals surface area (Å²) < 4.78 is 0. The Bertz CT molecular complexity index is 1910. The molecule has 0 radical (unpaired) electrons. The van der Waals surface area contributed by atoms with Gasteiger partial charge in [0, 0.05) is 17.8 Å². The molecule has 1 heteroatoms. The Labute approximate surface area is 249 Å². The molecule has 2 aliphatic carbocycles. The lowest BCUT2D eigenvalue weighted by atomic mass is 9.53. The standard InChI is InChI=1S/C41H37N/c1-4-30-24-26(2)23-27(3)41(30)37-16-10-9-11-31(37)32-18-17-29(25-38(32)41)40-35-14-7-5-12-33(35)39(28-19-21-42-22-20-28)34-13-6-8-15-36(34)40/h5-22,25-27,30H,4,23-24H2,1-3H3. The Morgan fingerprint density at radius 3 is 1.83 bits per heavy atom. The number of fused-ring (bicyclic) bond motifs is 7. The molecule has 206 valence electrons. The van der Waals surface area contributed by atoms with E-state index < -0.39 is 0 Å². The molecule has 5 aromatic carbocycles. The molecule has 6 aromatic rings. The van der Waals surface area contributed by atoms with Gasteiger partial charge in [0.1, 0.15) is 0 Å². The van der Waals surface area contributed by atoms with Gasteiger partial charge in [-0.15, -0.1) is 0 Å². The van der Waals surface area contributed by atoms with Crippen LogP contribution in [0.1, 0.15) is 51.2 Å². The third-order valence-corrected chi connectivity index (χ3v) is 10.7. The first-order valence-corrected chi connectivity index (χ1v) is 15.7. The number of hydrogen-bond donors (Lipinski definition) is 0. The fourth-order valence-electron chi connectivity index (χ4n) is 9.19. The van der Waals surface area contributed by atoms with Crippen LogP contribution in [0.25, 0.3) is 54.9 Å². The minimum absolute atomic E-state index is 0.0613. The lowest BCUT2D eigenvalue weighted by molar-refractivity contribution is 0.114. The van der Waals surface area contributed by atoms with Gasteiger partial charge in [0.25, 0.3) is 0 Å². The van der Waals surface area contributed by atoms with E-state index in [0.29, 0.717) is 11.8 Å². The zero-order valence-electron chi connectivity index (χ0n) is 24.8. The maximum Gasteiger partial charge on any atom is 0.0273 e. The van der Waals surface area contributed by atoms with Gasteiger partial charge in [-0.25, -0.2) is 0 Å². The van der Waals surface area contributed by atoms with Crippen molar-refractivity contribution in [3.05, 3.63) is 127 Å². The average molecular weight is 544 g/mol. The van der Waals surface area contributed by atoms with Gasteiger partial charge in [-0.1, -0.05) is 112 Å². The molecule has 0 saturated heterocycles. The Balaban J connectivity index is 1.45. The summed E-state index contributed by atoms with van der Waals surface area (Å²) in [5, 5.41) is 5.21. The van der Waals surface area contributed by atoms with Crippen molar-refractivity contribution in [1.29, 1.82) is 0 Å². The van der Waals surface area contributed by atoms with Crippen molar-refractivity contribution in [3.8, 4) is 33.4 Å². The molecule has 1 heterocycles. The summed E-state index contributed by atoms with van der Waals surface area (Å²) >= 11 is 0. The fourth-order valence-corrected chi connectivity index (χ4v) is 9.19. The van der Waals surface area contributed by atoms with Crippen LogP contribution in [0.3, 0.4) is 0 Å². The monoisotopic (exact) mass is 543 g/mol. The Hall–Kier alpha value is -4.23. The van der Waals surface area contributed by atoms with Gasteiger partial charge in [0.15, 0.2) is 0 Å². The highest BCUT2D eigenvalue weighted by molar-refractivity contribution is 6.21. The fraction of sp³-hybridized carbons (Fsp3) is 0.244. The molecular weight excluding hydrogens is 506 g/mol.